The second-order valence-electron chi connectivity index (χ2n) is 5.10. The highest BCUT2D eigenvalue weighted by Crippen LogP contribution is 2.42. The lowest BCUT2D eigenvalue weighted by Gasteiger charge is -2.34. The summed E-state index contributed by atoms with van der Waals surface area (Å²) in [6.45, 7) is 2.45. The summed E-state index contributed by atoms with van der Waals surface area (Å²) in [5.74, 6) is 0. The molecule has 3 heteroatoms. The zero-order valence-corrected chi connectivity index (χ0v) is 12.5. The molecule has 1 fully saturated rings. The third-order valence-electron chi connectivity index (χ3n) is 4.02. The molecule has 0 bridgehead atoms. The minimum atomic E-state index is 0.498. The highest BCUT2D eigenvalue weighted by molar-refractivity contribution is 9.10. The largest absolute Gasteiger partial charge is 0.316 e. The standard InChI is InChI=1S/C13H20BrNS/c1-13(6-3-4-7-13)12(15-2)9-11-10(14)5-8-16-11/h5,8,12,15H,3-4,6-7,9H2,1-2H3. The summed E-state index contributed by atoms with van der Waals surface area (Å²) >= 11 is 5.50. The van der Waals surface area contributed by atoms with Crippen LogP contribution in [0.2, 0.25) is 0 Å². The molecule has 0 aliphatic heterocycles. The van der Waals surface area contributed by atoms with Crippen LogP contribution in [-0.4, -0.2) is 13.1 Å². The molecule has 90 valence electrons. The van der Waals surface area contributed by atoms with Crippen molar-refractivity contribution in [2.45, 2.75) is 45.1 Å². The molecule has 2 rings (SSSR count). The Morgan fingerprint density at radius 3 is 2.69 bits per heavy atom. The molecule has 1 heterocycles. The van der Waals surface area contributed by atoms with Gasteiger partial charge in [0.1, 0.15) is 0 Å². The maximum Gasteiger partial charge on any atom is 0.0314 e. The average molecular weight is 302 g/mol. The van der Waals surface area contributed by atoms with Gasteiger partial charge in [-0.25, -0.2) is 0 Å². The Morgan fingerprint density at radius 1 is 1.50 bits per heavy atom. The average Bonchev–Trinajstić information content (AvgIpc) is 2.85. The van der Waals surface area contributed by atoms with Crippen LogP contribution in [0, 0.1) is 5.41 Å². The number of hydrogen-bond donors (Lipinski definition) is 1. The fourth-order valence-electron chi connectivity index (χ4n) is 2.88. The molecule has 16 heavy (non-hydrogen) atoms. The van der Waals surface area contributed by atoms with Crippen molar-refractivity contribution < 1.29 is 0 Å². The van der Waals surface area contributed by atoms with E-state index in [0.717, 1.165) is 6.42 Å². The Hall–Kier alpha value is 0.140. The fourth-order valence-corrected chi connectivity index (χ4v) is 4.45. The topological polar surface area (TPSA) is 12.0 Å². The van der Waals surface area contributed by atoms with E-state index in [1.807, 2.05) is 11.3 Å². The predicted molar refractivity (Wildman–Crippen MR) is 75.1 cm³/mol. The van der Waals surface area contributed by atoms with E-state index in [1.54, 1.807) is 0 Å². The summed E-state index contributed by atoms with van der Waals surface area (Å²) in [6.07, 6.45) is 6.72. The maximum atomic E-state index is 3.63. The molecule has 0 spiro atoms. The molecule has 1 atom stereocenters. The lowest BCUT2D eigenvalue weighted by atomic mass is 9.79. The zero-order valence-electron chi connectivity index (χ0n) is 10.1. The van der Waals surface area contributed by atoms with Crippen LogP contribution in [0.5, 0.6) is 0 Å². The van der Waals surface area contributed by atoms with Gasteiger partial charge in [0, 0.05) is 15.4 Å². The van der Waals surface area contributed by atoms with Gasteiger partial charge in [-0.3, -0.25) is 0 Å². The number of hydrogen-bond acceptors (Lipinski definition) is 2. The molecular formula is C13H20BrNS. The van der Waals surface area contributed by atoms with Crippen LogP contribution in [0.25, 0.3) is 0 Å². The lowest BCUT2D eigenvalue weighted by molar-refractivity contribution is 0.230. The van der Waals surface area contributed by atoms with E-state index < -0.39 is 0 Å². The van der Waals surface area contributed by atoms with Crippen molar-refractivity contribution in [2.75, 3.05) is 7.05 Å². The third-order valence-corrected chi connectivity index (χ3v) is 5.96. The summed E-state index contributed by atoms with van der Waals surface area (Å²) in [5, 5.41) is 5.71. The number of nitrogens with one attached hydrogen (secondary N) is 1. The van der Waals surface area contributed by atoms with Crippen LogP contribution in [0.1, 0.15) is 37.5 Å². The van der Waals surface area contributed by atoms with Crippen molar-refractivity contribution in [1.29, 1.82) is 0 Å². The van der Waals surface area contributed by atoms with Gasteiger partial charge < -0.3 is 5.32 Å². The smallest absolute Gasteiger partial charge is 0.0314 e. The molecule has 1 N–H and O–H groups in total. The van der Waals surface area contributed by atoms with E-state index >= 15 is 0 Å². The van der Waals surface area contributed by atoms with Crippen molar-refractivity contribution in [3.05, 3.63) is 20.8 Å². The molecule has 1 aliphatic carbocycles. The lowest BCUT2D eigenvalue weighted by Crippen LogP contribution is -2.41. The highest BCUT2D eigenvalue weighted by atomic mass is 79.9. The van der Waals surface area contributed by atoms with Crippen LogP contribution in [0.15, 0.2) is 15.9 Å². The van der Waals surface area contributed by atoms with Crippen molar-refractivity contribution >= 4 is 27.3 Å². The van der Waals surface area contributed by atoms with Gasteiger partial charge in [-0.2, -0.15) is 0 Å². The number of halogens is 1. The van der Waals surface area contributed by atoms with Crippen LogP contribution in [0.4, 0.5) is 0 Å². The first-order valence-electron chi connectivity index (χ1n) is 6.05. The summed E-state index contributed by atoms with van der Waals surface area (Å²) in [4.78, 5) is 1.48. The normalized spacial score (nSPS) is 21.2. The van der Waals surface area contributed by atoms with E-state index in [1.165, 1.54) is 35.0 Å². The molecule has 1 nitrogen and oxygen atoms in total. The van der Waals surface area contributed by atoms with Crippen molar-refractivity contribution in [1.82, 2.24) is 5.32 Å². The van der Waals surface area contributed by atoms with Gasteiger partial charge in [0.25, 0.3) is 0 Å². The van der Waals surface area contributed by atoms with E-state index in [4.69, 9.17) is 0 Å². The van der Waals surface area contributed by atoms with Crippen molar-refractivity contribution in [3.8, 4) is 0 Å². The highest BCUT2D eigenvalue weighted by Gasteiger charge is 2.36. The van der Waals surface area contributed by atoms with Crippen molar-refractivity contribution in [2.24, 2.45) is 5.41 Å². The van der Waals surface area contributed by atoms with Gasteiger partial charge in [-0.05, 0) is 59.1 Å². The van der Waals surface area contributed by atoms with Crippen LogP contribution >= 0.6 is 27.3 Å². The molecule has 1 aromatic rings. The third kappa shape index (κ3) is 2.52. The summed E-state index contributed by atoms with van der Waals surface area (Å²) in [5.41, 5.74) is 0.498. The van der Waals surface area contributed by atoms with E-state index in [2.05, 4.69) is 46.7 Å². The number of likely N-dealkylation sites (N-methyl/N-ethyl adjacent to an activating group) is 1. The second-order valence-corrected chi connectivity index (χ2v) is 6.95. The molecule has 0 aromatic carbocycles. The van der Waals surface area contributed by atoms with Crippen molar-refractivity contribution in [3.63, 3.8) is 0 Å². The predicted octanol–water partition coefficient (Wildman–Crippen LogP) is 4.22. The summed E-state index contributed by atoms with van der Waals surface area (Å²) < 4.78 is 1.28. The van der Waals surface area contributed by atoms with Gasteiger partial charge in [-0.15, -0.1) is 11.3 Å². The minimum Gasteiger partial charge on any atom is -0.316 e. The monoisotopic (exact) mass is 301 g/mol. The van der Waals surface area contributed by atoms with Crippen LogP contribution < -0.4 is 5.32 Å². The summed E-state index contributed by atoms with van der Waals surface area (Å²) in [6, 6.07) is 2.77. The Balaban J connectivity index is 2.08. The quantitative estimate of drug-likeness (QED) is 0.878. The molecule has 0 saturated heterocycles. The first-order chi connectivity index (χ1) is 7.65. The molecule has 1 saturated carbocycles. The molecule has 0 amide bonds. The molecule has 1 aliphatic rings. The van der Waals surface area contributed by atoms with E-state index in [0.29, 0.717) is 11.5 Å². The van der Waals surface area contributed by atoms with Crippen LogP contribution in [-0.2, 0) is 6.42 Å². The second kappa shape index (κ2) is 5.19. The maximum absolute atomic E-state index is 3.63. The van der Waals surface area contributed by atoms with Gasteiger partial charge in [0.05, 0.1) is 0 Å². The molecule has 1 aromatic heterocycles. The van der Waals surface area contributed by atoms with Gasteiger partial charge in [0.2, 0.25) is 0 Å². The summed E-state index contributed by atoms with van der Waals surface area (Å²) in [7, 11) is 2.11. The Morgan fingerprint density at radius 2 is 2.19 bits per heavy atom. The molecule has 1 unspecified atom stereocenters. The Bertz CT molecular complexity index is 341. The van der Waals surface area contributed by atoms with E-state index in [9.17, 15) is 0 Å². The van der Waals surface area contributed by atoms with E-state index in [-0.39, 0.29) is 0 Å². The van der Waals surface area contributed by atoms with Gasteiger partial charge >= 0.3 is 0 Å². The SMILES string of the molecule is CNC(Cc1sccc1Br)C1(C)CCCC1. The Kier molecular flexibility index (Phi) is 4.09. The zero-order chi connectivity index (χ0) is 11.6. The molecular weight excluding hydrogens is 282 g/mol. The molecule has 0 radical (unpaired) electrons. The van der Waals surface area contributed by atoms with Gasteiger partial charge in [-0.1, -0.05) is 19.8 Å². The van der Waals surface area contributed by atoms with Gasteiger partial charge in [0.15, 0.2) is 0 Å². The number of thiophene rings is 1. The van der Waals surface area contributed by atoms with Crippen LogP contribution in [0.3, 0.4) is 0 Å². The Labute approximate surface area is 111 Å². The minimum absolute atomic E-state index is 0.498. The number of rotatable bonds is 4. The first kappa shape index (κ1) is 12.6. The first-order valence-corrected chi connectivity index (χ1v) is 7.72. The fraction of sp³-hybridized carbons (Fsp3) is 0.692.